The molecule has 0 aliphatic carbocycles. The number of amides is 1. The van der Waals surface area contributed by atoms with Crippen LogP contribution in [0.2, 0.25) is 5.02 Å². The van der Waals surface area contributed by atoms with Crippen molar-refractivity contribution >= 4 is 17.5 Å². The van der Waals surface area contributed by atoms with E-state index in [4.69, 9.17) is 21.1 Å². The van der Waals surface area contributed by atoms with Gasteiger partial charge in [0.25, 0.3) is 5.91 Å². The van der Waals surface area contributed by atoms with Crippen molar-refractivity contribution in [1.82, 2.24) is 4.90 Å². The number of halogens is 1. The zero-order chi connectivity index (χ0) is 18.6. The van der Waals surface area contributed by atoms with Gasteiger partial charge in [-0.25, -0.2) is 0 Å². The number of carbonyl (C=O) groups excluding carboxylic acids is 1. The Labute approximate surface area is 165 Å². The van der Waals surface area contributed by atoms with Crippen LogP contribution in [0.25, 0.3) is 0 Å². The van der Waals surface area contributed by atoms with Gasteiger partial charge in [-0.2, -0.15) is 0 Å². The van der Waals surface area contributed by atoms with E-state index in [0.717, 1.165) is 50.1 Å². The van der Waals surface area contributed by atoms with E-state index < -0.39 is 0 Å². The summed E-state index contributed by atoms with van der Waals surface area (Å²) in [5.41, 5.74) is 1.80. The standard InChI is InChI=1S/C22H24ClNO3/c23-18-10-8-16(9-11-18)21-7-2-12-24(21)22(25)17-4-1-5-19(14-17)27-15-20-6-3-13-26-20/h1,4-5,8-11,14,20-21H,2-3,6-7,12-13,15H2. The first kappa shape index (κ1) is 18.3. The smallest absolute Gasteiger partial charge is 0.254 e. The predicted molar refractivity (Wildman–Crippen MR) is 105 cm³/mol. The maximum atomic E-state index is 13.1. The molecule has 1 amide bonds. The van der Waals surface area contributed by atoms with Gasteiger partial charge < -0.3 is 14.4 Å². The number of ether oxygens (including phenoxy) is 2. The molecule has 2 aromatic carbocycles. The minimum Gasteiger partial charge on any atom is -0.491 e. The first-order valence-corrected chi connectivity index (χ1v) is 9.99. The van der Waals surface area contributed by atoms with Crippen LogP contribution < -0.4 is 4.74 Å². The van der Waals surface area contributed by atoms with Gasteiger partial charge in [-0.15, -0.1) is 0 Å². The average Bonchev–Trinajstić information content (AvgIpc) is 3.38. The van der Waals surface area contributed by atoms with Gasteiger partial charge in [0.1, 0.15) is 12.4 Å². The molecule has 142 valence electrons. The molecule has 2 heterocycles. The van der Waals surface area contributed by atoms with Crippen molar-refractivity contribution in [3.8, 4) is 5.75 Å². The highest BCUT2D eigenvalue weighted by molar-refractivity contribution is 6.30. The number of nitrogens with zero attached hydrogens (tertiary/aromatic N) is 1. The lowest BCUT2D eigenvalue weighted by Gasteiger charge is -2.25. The molecule has 2 fully saturated rings. The Morgan fingerprint density at radius 3 is 2.78 bits per heavy atom. The second-order valence-corrected chi connectivity index (χ2v) is 7.62. The zero-order valence-electron chi connectivity index (χ0n) is 15.3. The van der Waals surface area contributed by atoms with Crippen molar-refractivity contribution < 1.29 is 14.3 Å². The third kappa shape index (κ3) is 4.28. The molecule has 4 nitrogen and oxygen atoms in total. The third-order valence-electron chi connectivity index (χ3n) is 5.31. The van der Waals surface area contributed by atoms with E-state index in [2.05, 4.69) is 0 Å². The van der Waals surface area contributed by atoms with Gasteiger partial charge >= 0.3 is 0 Å². The minimum absolute atomic E-state index is 0.0509. The Morgan fingerprint density at radius 2 is 2.00 bits per heavy atom. The van der Waals surface area contributed by atoms with Crippen molar-refractivity contribution in [1.29, 1.82) is 0 Å². The van der Waals surface area contributed by atoms with E-state index in [9.17, 15) is 4.79 Å². The van der Waals surface area contributed by atoms with E-state index in [1.165, 1.54) is 0 Å². The summed E-state index contributed by atoms with van der Waals surface area (Å²) in [5.74, 6) is 0.772. The second kappa shape index (κ2) is 8.32. The van der Waals surface area contributed by atoms with Gasteiger partial charge in [0, 0.05) is 23.7 Å². The normalized spacial score (nSPS) is 22.2. The lowest BCUT2D eigenvalue weighted by Crippen LogP contribution is -2.30. The summed E-state index contributed by atoms with van der Waals surface area (Å²) in [7, 11) is 0. The summed E-state index contributed by atoms with van der Waals surface area (Å²) in [5, 5.41) is 0.714. The van der Waals surface area contributed by atoms with E-state index in [1.54, 1.807) is 0 Å². The van der Waals surface area contributed by atoms with E-state index in [0.29, 0.717) is 17.2 Å². The third-order valence-corrected chi connectivity index (χ3v) is 5.56. The Hall–Kier alpha value is -2.04. The lowest BCUT2D eigenvalue weighted by atomic mass is 10.0. The van der Waals surface area contributed by atoms with Crippen molar-refractivity contribution in [2.75, 3.05) is 19.8 Å². The molecule has 5 heteroatoms. The highest BCUT2D eigenvalue weighted by atomic mass is 35.5. The topological polar surface area (TPSA) is 38.8 Å². The van der Waals surface area contributed by atoms with Gasteiger partial charge in [-0.05, 0) is 61.6 Å². The van der Waals surface area contributed by atoms with Crippen LogP contribution >= 0.6 is 11.6 Å². The van der Waals surface area contributed by atoms with E-state index >= 15 is 0 Å². The molecule has 0 bridgehead atoms. The SMILES string of the molecule is O=C(c1cccc(OCC2CCCO2)c1)N1CCCC1c1ccc(Cl)cc1. The molecule has 4 rings (SSSR count). The molecule has 0 N–H and O–H groups in total. The Balaban J connectivity index is 1.46. The number of hydrogen-bond acceptors (Lipinski definition) is 3. The fourth-order valence-electron chi connectivity index (χ4n) is 3.89. The molecule has 2 saturated heterocycles. The van der Waals surface area contributed by atoms with E-state index in [-0.39, 0.29) is 18.1 Å². The summed E-state index contributed by atoms with van der Waals surface area (Å²) in [6, 6.07) is 15.4. The number of carbonyl (C=O) groups is 1. The second-order valence-electron chi connectivity index (χ2n) is 7.18. The van der Waals surface area contributed by atoms with Crippen molar-refractivity contribution in [3.05, 3.63) is 64.7 Å². The molecular formula is C22H24ClNO3. The van der Waals surface area contributed by atoms with Gasteiger partial charge in [0.15, 0.2) is 0 Å². The van der Waals surface area contributed by atoms with Crippen LogP contribution in [0.3, 0.4) is 0 Å². The van der Waals surface area contributed by atoms with Gasteiger partial charge in [-0.3, -0.25) is 4.79 Å². The maximum absolute atomic E-state index is 13.1. The molecule has 2 atom stereocenters. The van der Waals surface area contributed by atoms with Crippen LogP contribution in [-0.2, 0) is 4.74 Å². The first-order chi connectivity index (χ1) is 13.2. The summed E-state index contributed by atoms with van der Waals surface area (Å²) < 4.78 is 11.5. The fourth-order valence-corrected chi connectivity index (χ4v) is 4.02. The fraction of sp³-hybridized carbons (Fsp3) is 0.409. The highest BCUT2D eigenvalue weighted by Crippen LogP contribution is 2.34. The Bertz CT molecular complexity index is 786. The molecule has 2 unspecified atom stereocenters. The molecule has 0 radical (unpaired) electrons. The summed E-state index contributed by atoms with van der Waals surface area (Å²) in [6.07, 6.45) is 4.27. The summed E-state index contributed by atoms with van der Waals surface area (Å²) in [4.78, 5) is 15.1. The molecule has 2 aliphatic heterocycles. The Kier molecular flexibility index (Phi) is 5.65. The molecule has 0 saturated carbocycles. The number of likely N-dealkylation sites (tertiary alicyclic amines) is 1. The molecule has 0 aromatic heterocycles. The molecule has 2 aromatic rings. The van der Waals surface area contributed by atoms with Gasteiger partial charge in [-0.1, -0.05) is 29.8 Å². The lowest BCUT2D eigenvalue weighted by molar-refractivity contribution is 0.0676. The molecule has 27 heavy (non-hydrogen) atoms. The number of hydrogen-bond donors (Lipinski definition) is 0. The minimum atomic E-state index is 0.0509. The molecule has 2 aliphatic rings. The highest BCUT2D eigenvalue weighted by Gasteiger charge is 2.30. The Morgan fingerprint density at radius 1 is 1.15 bits per heavy atom. The quantitative estimate of drug-likeness (QED) is 0.736. The van der Waals surface area contributed by atoms with Gasteiger partial charge in [0.05, 0.1) is 12.1 Å². The van der Waals surface area contributed by atoms with Crippen molar-refractivity contribution in [3.63, 3.8) is 0 Å². The molecule has 0 spiro atoms. The maximum Gasteiger partial charge on any atom is 0.254 e. The van der Waals surface area contributed by atoms with Crippen LogP contribution in [0, 0.1) is 0 Å². The van der Waals surface area contributed by atoms with Crippen LogP contribution in [0.1, 0.15) is 47.6 Å². The van der Waals surface area contributed by atoms with Crippen LogP contribution in [0.5, 0.6) is 5.75 Å². The van der Waals surface area contributed by atoms with Crippen LogP contribution in [-0.4, -0.2) is 36.7 Å². The predicted octanol–water partition coefficient (Wildman–Crippen LogP) is 4.88. The summed E-state index contributed by atoms with van der Waals surface area (Å²) >= 11 is 6.00. The zero-order valence-corrected chi connectivity index (χ0v) is 16.0. The largest absolute Gasteiger partial charge is 0.491 e. The van der Waals surface area contributed by atoms with Crippen LogP contribution in [0.4, 0.5) is 0 Å². The number of benzene rings is 2. The average molecular weight is 386 g/mol. The van der Waals surface area contributed by atoms with Crippen molar-refractivity contribution in [2.45, 2.75) is 37.8 Å². The van der Waals surface area contributed by atoms with Crippen LogP contribution in [0.15, 0.2) is 48.5 Å². The first-order valence-electron chi connectivity index (χ1n) is 9.61. The monoisotopic (exact) mass is 385 g/mol. The van der Waals surface area contributed by atoms with E-state index in [1.807, 2.05) is 53.4 Å². The van der Waals surface area contributed by atoms with Gasteiger partial charge in [0.2, 0.25) is 0 Å². The number of rotatable bonds is 5. The van der Waals surface area contributed by atoms with Crippen molar-refractivity contribution in [2.24, 2.45) is 0 Å². The summed E-state index contributed by atoms with van der Waals surface area (Å²) in [6.45, 7) is 2.12. The molecular weight excluding hydrogens is 362 g/mol.